The Labute approximate surface area is 309 Å². The summed E-state index contributed by atoms with van der Waals surface area (Å²) < 4.78 is 13.1. The SMILES string of the molecule is C=CCCC(=O)N(C)[C@@H](C)[C@@H](OC(=O)[C@H]1[C@@H]2O[C@@]3(CC2Br)[C@@H]1C(=O)N([C@@H](CO)C(C)C)[C@@H]3C(=O)N(CC=C)Cc1ccccc1)c1ccccc1. The van der Waals surface area contributed by atoms with Crippen molar-refractivity contribution < 1.29 is 33.8 Å². The molecule has 0 saturated carbocycles. The zero-order valence-electron chi connectivity index (χ0n) is 29.9. The van der Waals surface area contributed by atoms with Crippen LogP contribution in [0.1, 0.15) is 57.3 Å². The predicted molar refractivity (Wildman–Crippen MR) is 197 cm³/mol. The number of carbonyl (C=O) groups excluding carboxylic acids is 4. The van der Waals surface area contributed by atoms with Crippen molar-refractivity contribution in [1.29, 1.82) is 0 Å². The Morgan fingerprint density at radius 1 is 1.08 bits per heavy atom. The number of ether oxygens (including phenoxy) is 2. The Kier molecular flexibility index (Phi) is 12.2. The Balaban J connectivity index is 1.53. The standard InChI is InChI=1S/C40H50BrN3O7/c1-7-9-20-31(46)42(6)26(5)34(28-18-14-11-15-19-28)50-39(49)32-33-37(47)44(30(24-45)25(3)4)36(40(33)22-29(41)35(32)51-40)38(48)43(21-8-2)23-27-16-12-10-13-17-27/h7-8,10-19,25-26,29-30,32-36,45H,1-2,9,20-24H2,3-6H3/t26-,29?,30-,32+,33-,34+,35+,36+,40-/m0/s1. The second kappa shape index (κ2) is 16.3. The molecule has 3 amide bonds. The number of esters is 1. The van der Waals surface area contributed by atoms with Crippen molar-refractivity contribution in [3.8, 4) is 0 Å². The van der Waals surface area contributed by atoms with Gasteiger partial charge in [0.1, 0.15) is 17.7 Å². The van der Waals surface area contributed by atoms with Crippen molar-refractivity contribution in [2.75, 3.05) is 20.2 Å². The molecule has 1 N–H and O–H groups in total. The largest absolute Gasteiger partial charge is 0.455 e. The minimum atomic E-state index is -1.35. The number of fused-ring (bicyclic) bond motifs is 1. The number of aliphatic hydroxyl groups is 1. The van der Waals surface area contributed by atoms with E-state index in [1.165, 1.54) is 4.90 Å². The van der Waals surface area contributed by atoms with Crippen molar-refractivity contribution in [2.24, 2.45) is 17.8 Å². The quantitative estimate of drug-likeness (QED) is 0.144. The molecule has 2 bridgehead atoms. The van der Waals surface area contributed by atoms with Gasteiger partial charge in [0.25, 0.3) is 0 Å². The molecule has 9 atom stereocenters. The fourth-order valence-electron chi connectivity index (χ4n) is 8.08. The number of hydrogen-bond donors (Lipinski definition) is 1. The van der Waals surface area contributed by atoms with E-state index in [1.807, 2.05) is 81.4 Å². The van der Waals surface area contributed by atoms with Crippen LogP contribution in [-0.2, 0) is 35.2 Å². The van der Waals surface area contributed by atoms with E-state index in [-0.39, 0.29) is 48.7 Å². The lowest BCUT2D eigenvalue weighted by atomic mass is 9.70. The molecule has 1 spiro atoms. The van der Waals surface area contributed by atoms with Crippen LogP contribution in [0.3, 0.4) is 0 Å². The van der Waals surface area contributed by atoms with E-state index in [1.54, 1.807) is 29.0 Å². The maximum absolute atomic E-state index is 14.9. The number of benzene rings is 2. The molecule has 0 aromatic heterocycles. The third-order valence-electron chi connectivity index (χ3n) is 10.8. The highest BCUT2D eigenvalue weighted by molar-refractivity contribution is 9.09. The molecule has 5 rings (SSSR count). The highest BCUT2D eigenvalue weighted by Gasteiger charge is 2.77. The van der Waals surface area contributed by atoms with Gasteiger partial charge in [0.15, 0.2) is 0 Å². The molecule has 3 fully saturated rings. The second-order valence-corrected chi connectivity index (χ2v) is 15.4. The highest BCUT2D eigenvalue weighted by atomic mass is 79.9. The minimum absolute atomic E-state index is 0.117. The van der Waals surface area contributed by atoms with Gasteiger partial charge in [0, 0.05) is 31.4 Å². The number of aliphatic hydroxyl groups excluding tert-OH is 1. The number of hydrogen-bond acceptors (Lipinski definition) is 7. The van der Waals surface area contributed by atoms with Crippen molar-refractivity contribution in [3.05, 3.63) is 97.1 Å². The summed E-state index contributed by atoms with van der Waals surface area (Å²) in [6, 6.07) is 16.4. The molecule has 3 heterocycles. The van der Waals surface area contributed by atoms with Crippen LogP contribution in [-0.4, -0.2) is 98.4 Å². The summed E-state index contributed by atoms with van der Waals surface area (Å²) in [5, 5.41) is 10.7. The van der Waals surface area contributed by atoms with Gasteiger partial charge in [-0.2, -0.15) is 0 Å². The molecule has 2 aromatic rings. The van der Waals surface area contributed by atoms with Gasteiger partial charge < -0.3 is 29.3 Å². The number of alkyl halides is 1. The fourth-order valence-corrected chi connectivity index (χ4v) is 9.02. The summed E-state index contributed by atoms with van der Waals surface area (Å²) >= 11 is 3.75. The van der Waals surface area contributed by atoms with Gasteiger partial charge in [-0.05, 0) is 36.8 Å². The van der Waals surface area contributed by atoms with Crippen LogP contribution in [0.5, 0.6) is 0 Å². The monoisotopic (exact) mass is 763 g/mol. The average molecular weight is 765 g/mol. The lowest BCUT2D eigenvalue weighted by molar-refractivity contribution is -0.165. The zero-order chi connectivity index (χ0) is 37.0. The fraction of sp³-hybridized carbons (Fsp3) is 0.500. The molecule has 2 aromatic carbocycles. The van der Waals surface area contributed by atoms with Crippen LogP contribution < -0.4 is 0 Å². The Morgan fingerprint density at radius 3 is 2.31 bits per heavy atom. The van der Waals surface area contributed by atoms with E-state index in [2.05, 4.69) is 29.1 Å². The van der Waals surface area contributed by atoms with Crippen LogP contribution in [0.2, 0.25) is 0 Å². The van der Waals surface area contributed by atoms with Gasteiger partial charge in [0.05, 0.1) is 36.6 Å². The lowest BCUT2D eigenvalue weighted by Crippen LogP contribution is -2.59. The number of nitrogens with zero attached hydrogens (tertiary/aromatic N) is 3. The van der Waals surface area contributed by atoms with Crippen molar-refractivity contribution in [1.82, 2.24) is 14.7 Å². The summed E-state index contributed by atoms with van der Waals surface area (Å²) in [5.41, 5.74) is 0.260. The van der Waals surface area contributed by atoms with E-state index in [4.69, 9.17) is 9.47 Å². The maximum atomic E-state index is 14.9. The van der Waals surface area contributed by atoms with Gasteiger partial charge in [-0.3, -0.25) is 19.2 Å². The molecule has 3 saturated heterocycles. The maximum Gasteiger partial charge on any atom is 0.313 e. The molecule has 3 aliphatic rings. The summed E-state index contributed by atoms with van der Waals surface area (Å²) in [5.74, 6) is -3.76. The van der Waals surface area contributed by atoms with Gasteiger partial charge in [0.2, 0.25) is 17.7 Å². The number of rotatable bonds is 16. The van der Waals surface area contributed by atoms with Crippen LogP contribution in [0.15, 0.2) is 86.0 Å². The van der Waals surface area contributed by atoms with Crippen LogP contribution >= 0.6 is 15.9 Å². The summed E-state index contributed by atoms with van der Waals surface area (Å²) in [6.07, 6.45) is 2.84. The Hall–Kier alpha value is -3.80. The number of carbonyl (C=O) groups is 4. The first-order valence-electron chi connectivity index (χ1n) is 17.7. The first kappa shape index (κ1) is 38.4. The first-order chi connectivity index (χ1) is 24.4. The zero-order valence-corrected chi connectivity index (χ0v) is 31.5. The first-order valence-corrected chi connectivity index (χ1v) is 18.6. The second-order valence-electron chi connectivity index (χ2n) is 14.2. The molecule has 0 aliphatic carbocycles. The molecule has 0 radical (unpaired) electrons. The van der Waals surface area contributed by atoms with Crippen molar-refractivity contribution in [3.63, 3.8) is 0 Å². The van der Waals surface area contributed by atoms with Crippen molar-refractivity contribution >= 4 is 39.6 Å². The average Bonchev–Trinajstić information content (AvgIpc) is 3.72. The smallest absolute Gasteiger partial charge is 0.313 e. The number of likely N-dealkylation sites (tertiary alicyclic amines) is 1. The predicted octanol–water partition coefficient (Wildman–Crippen LogP) is 5.06. The molecular weight excluding hydrogens is 714 g/mol. The third-order valence-corrected chi connectivity index (χ3v) is 11.6. The Morgan fingerprint density at radius 2 is 1.73 bits per heavy atom. The summed E-state index contributed by atoms with van der Waals surface area (Å²) in [7, 11) is 1.68. The number of allylic oxidation sites excluding steroid dienone is 1. The molecule has 10 nitrogen and oxygen atoms in total. The molecular formula is C40H50BrN3O7. The Bertz CT molecular complexity index is 1590. The van der Waals surface area contributed by atoms with Gasteiger partial charge >= 0.3 is 5.97 Å². The van der Waals surface area contributed by atoms with E-state index < -0.39 is 59.6 Å². The molecule has 11 heteroatoms. The molecule has 1 unspecified atom stereocenters. The van der Waals surface area contributed by atoms with E-state index in [0.717, 1.165) is 5.56 Å². The topological polar surface area (TPSA) is 117 Å². The normalized spacial score (nSPS) is 26.7. The van der Waals surface area contributed by atoms with Gasteiger partial charge in [-0.1, -0.05) is 103 Å². The van der Waals surface area contributed by atoms with Crippen molar-refractivity contribution in [2.45, 2.75) is 87.3 Å². The molecule has 274 valence electrons. The molecule has 51 heavy (non-hydrogen) atoms. The van der Waals surface area contributed by atoms with E-state index >= 15 is 0 Å². The van der Waals surface area contributed by atoms with E-state index in [9.17, 15) is 24.3 Å². The number of likely N-dealkylation sites (N-methyl/N-ethyl adjacent to an activating group) is 1. The van der Waals surface area contributed by atoms with Crippen LogP contribution in [0.4, 0.5) is 0 Å². The molecule has 3 aliphatic heterocycles. The van der Waals surface area contributed by atoms with Gasteiger partial charge in [-0.25, -0.2) is 0 Å². The van der Waals surface area contributed by atoms with E-state index in [0.29, 0.717) is 18.4 Å². The van der Waals surface area contributed by atoms with Crippen LogP contribution in [0.25, 0.3) is 0 Å². The number of amides is 3. The number of halogens is 1. The summed E-state index contributed by atoms with van der Waals surface area (Å²) in [4.78, 5) is 61.7. The van der Waals surface area contributed by atoms with Gasteiger partial charge in [-0.15, -0.1) is 13.2 Å². The van der Waals surface area contributed by atoms with Crippen LogP contribution in [0, 0.1) is 17.8 Å². The minimum Gasteiger partial charge on any atom is -0.455 e. The third kappa shape index (κ3) is 7.30. The summed E-state index contributed by atoms with van der Waals surface area (Å²) in [6.45, 7) is 13.3. The highest BCUT2D eigenvalue weighted by Crippen LogP contribution is 2.61. The lowest BCUT2D eigenvalue weighted by Gasteiger charge is -2.40.